The lowest BCUT2D eigenvalue weighted by atomic mass is 10.0. The van der Waals surface area contributed by atoms with Crippen LogP contribution >= 0.6 is 0 Å². The van der Waals surface area contributed by atoms with Crippen LogP contribution in [0.2, 0.25) is 0 Å². The van der Waals surface area contributed by atoms with Gasteiger partial charge in [-0.15, -0.1) is 0 Å². The highest BCUT2D eigenvalue weighted by Crippen LogP contribution is 2.27. The molecule has 1 atom stereocenters. The van der Waals surface area contributed by atoms with Gasteiger partial charge in [0, 0.05) is 6.07 Å². The zero-order valence-corrected chi connectivity index (χ0v) is 15.6. The van der Waals surface area contributed by atoms with Gasteiger partial charge in [-0.2, -0.15) is 0 Å². The Morgan fingerprint density at radius 2 is 1.89 bits per heavy atom. The largest absolute Gasteiger partial charge is 0.463 e. The second kappa shape index (κ2) is 9.59. The van der Waals surface area contributed by atoms with Crippen LogP contribution in [-0.2, 0) is 20.7 Å². The molecule has 2 aromatic carbocycles. The highest BCUT2D eigenvalue weighted by molar-refractivity contribution is 5.80. The first kappa shape index (κ1) is 21.0. The number of hydrogen-bond acceptors (Lipinski definition) is 5. The third-order valence-corrected chi connectivity index (χ3v) is 3.84. The molecule has 0 aliphatic heterocycles. The Labute approximate surface area is 161 Å². The van der Waals surface area contributed by atoms with Crippen LogP contribution in [0.3, 0.4) is 0 Å². The number of halogens is 1. The molecule has 0 aliphatic carbocycles. The monoisotopic (exact) mass is 388 g/mol. The first-order valence-corrected chi connectivity index (χ1v) is 8.73. The van der Waals surface area contributed by atoms with Gasteiger partial charge in [-0.1, -0.05) is 30.3 Å². The molecule has 0 aromatic heterocycles. The summed E-state index contributed by atoms with van der Waals surface area (Å²) < 4.78 is 18.4. The van der Waals surface area contributed by atoms with Crippen LogP contribution in [0.1, 0.15) is 37.4 Å². The summed E-state index contributed by atoms with van der Waals surface area (Å²) in [6, 6.07) is 10.5. The maximum atomic E-state index is 13.3. The van der Waals surface area contributed by atoms with E-state index in [0.29, 0.717) is 5.56 Å². The van der Waals surface area contributed by atoms with E-state index in [-0.39, 0.29) is 30.2 Å². The summed E-state index contributed by atoms with van der Waals surface area (Å²) in [5, 5.41) is 14.0. The van der Waals surface area contributed by atoms with Crippen molar-refractivity contribution in [2.75, 3.05) is 0 Å². The molecule has 148 valence electrons. The second-order valence-corrected chi connectivity index (χ2v) is 6.49. The molecule has 1 amide bonds. The molecule has 0 radical (unpaired) electrons. The average molecular weight is 388 g/mol. The number of para-hydroxylation sites is 1. The Bertz CT molecular complexity index is 869. The van der Waals surface area contributed by atoms with Gasteiger partial charge in [0.2, 0.25) is 5.91 Å². The number of hydrogen-bond donors (Lipinski definition) is 1. The molecule has 7 nitrogen and oxygen atoms in total. The quantitative estimate of drug-likeness (QED) is 0.424. The van der Waals surface area contributed by atoms with E-state index in [1.54, 1.807) is 26.0 Å². The molecule has 0 fully saturated rings. The van der Waals surface area contributed by atoms with Gasteiger partial charge in [-0.3, -0.25) is 19.7 Å². The van der Waals surface area contributed by atoms with E-state index >= 15 is 0 Å². The highest BCUT2D eigenvalue weighted by Gasteiger charge is 2.26. The van der Waals surface area contributed by atoms with Crippen molar-refractivity contribution in [2.24, 2.45) is 0 Å². The molecule has 2 rings (SSSR count). The fourth-order valence-corrected chi connectivity index (χ4v) is 2.74. The number of nitro benzene ring substituents is 1. The van der Waals surface area contributed by atoms with Crippen LogP contribution in [0.4, 0.5) is 10.1 Å². The Hall–Kier alpha value is -3.29. The summed E-state index contributed by atoms with van der Waals surface area (Å²) in [6.07, 6.45) is -0.756. The molecule has 1 unspecified atom stereocenters. The number of benzene rings is 2. The first-order valence-electron chi connectivity index (χ1n) is 8.73. The molecule has 0 heterocycles. The maximum Gasteiger partial charge on any atom is 0.308 e. The molecule has 0 bridgehead atoms. The fourth-order valence-electron chi connectivity index (χ4n) is 2.74. The third kappa shape index (κ3) is 6.15. The van der Waals surface area contributed by atoms with E-state index in [2.05, 4.69) is 5.32 Å². The van der Waals surface area contributed by atoms with Crippen molar-refractivity contribution in [1.82, 2.24) is 5.32 Å². The van der Waals surface area contributed by atoms with E-state index in [1.165, 1.54) is 36.4 Å². The fraction of sp³-hybridized carbons (Fsp3) is 0.300. The van der Waals surface area contributed by atoms with Crippen molar-refractivity contribution < 1.29 is 23.6 Å². The van der Waals surface area contributed by atoms with Crippen molar-refractivity contribution in [3.63, 3.8) is 0 Å². The number of carbonyl (C=O) groups excluding carboxylic acids is 2. The lowest BCUT2D eigenvalue weighted by molar-refractivity contribution is -0.385. The van der Waals surface area contributed by atoms with Crippen LogP contribution in [0.5, 0.6) is 0 Å². The number of rotatable bonds is 8. The number of nitrogens with one attached hydrogen (secondary N) is 1. The zero-order valence-electron chi connectivity index (χ0n) is 15.6. The van der Waals surface area contributed by atoms with Gasteiger partial charge in [-0.05, 0) is 31.5 Å². The lowest BCUT2D eigenvalue weighted by Crippen LogP contribution is -2.32. The molecular formula is C20H21FN2O5. The van der Waals surface area contributed by atoms with Gasteiger partial charge in [0.1, 0.15) is 5.82 Å². The number of nitro groups is 1. The molecule has 0 aliphatic rings. The Morgan fingerprint density at radius 3 is 2.54 bits per heavy atom. The van der Waals surface area contributed by atoms with Crippen LogP contribution in [0.25, 0.3) is 0 Å². The minimum Gasteiger partial charge on any atom is -0.463 e. The van der Waals surface area contributed by atoms with Crippen molar-refractivity contribution in [3.8, 4) is 0 Å². The standard InChI is InChI=1S/C20H21FN2O5/c1-13(2)28-20(25)12-17(16-8-3-4-9-18(16)23(26)27)22-19(24)11-14-6-5-7-15(21)10-14/h3-10,13,17H,11-12H2,1-2H3,(H,22,24). The number of carbonyl (C=O) groups is 2. The number of amides is 1. The summed E-state index contributed by atoms with van der Waals surface area (Å²) in [5.41, 5.74) is 0.431. The predicted octanol–water partition coefficient (Wildman–Crippen LogP) is 3.48. The lowest BCUT2D eigenvalue weighted by Gasteiger charge is -2.19. The first-order chi connectivity index (χ1) is 13.3. The van der Waals surface area contributed by atoms with Gasteiger partial charge in [0.05, 0.1) is 35.5 Å². The van der Waals surface area contributed by atoms with Gasteiger partial charge in [0.25, 0.3) is 5.69 Å². The molecule has 8 heteroatoms. The van der Waals surface area contributed by atoms with Gasteiger partial charge in [0.15, 0.2) is 0 Å². The third-order valence-electron chi connectivity index (χ3n) is 3.84. The smallest absolute Gasteiger partial charge is 0.308 e. The minimum absolute atomic E-state index is 0.131. The van der Waals surface area contributed by atoms with E-state index < -0.39 is 28.7 Å². The summed E-state index contributed by atoms with van der Waals surface area (Å²) in [4.78, 5) is 35.3. The number of ether oxygens (including phenoxy) is 1. The van der Waals surface area contributed by atoms with Crippen molar-refractivity contribution in [3.05, 3.63) is 75.6 Å². The minimum atomic E-state index is -0.950. The van der Waals surface area contributed by atoms with E-state index in [1.807, 2.05) is 0 Å². The molecule has 2 aromatic rings. The second-order valence-electron chi connectivity index (χ2n) is 6.49. The molecule has 0 spiro atoms. The van der Waals surface area contributed by atoms with Crippen molar-refractivity contribution in [2.45, 2.75) is 38.8 Å². The van der Waals surface area contributed by atoms with Gasteiger partial charge >= 0.3 is 5.97 Å². The predicted molar refractivity (Wildman–Crippen MR) is 99.9 cm³/mol. The van der Waals surface area contributed by atoms with Crippen LogP contribution < -0.4 is 5.32 Å². The normalized spacial score (nSPS) is 11.7. The summed E-state index contributed by atoms with van der Waals surface area (Å²) in [6.45, 7) is 3.36. The van der Waals surface area contributed by atoms with Gasteiger partial charge < -0.3 is 10.1 Å². The topological polar surface area (TPSA) is 98.5 Å². The molecule has 1 N–H and O–H groups in total. The summed E-state index contributed by atoms with van der Waals surface area (Å²) in [5.74, 6) is -1.56. The van der Waals surface area contributed by atoms with Gasteiger partial charge in [-0.25, -0.2) is 4.39 Å². The summed E-state index contributed by atoms with van der Waals surface area (Å²) in [7, 11) is 0. The Morgan fingerprint density at radius 1 is 1.18 bits per heavy atom. The molecule has 28 heavy (non-hydrogen) atoms. The highest BCUT2D eigenvalue weighted by atomic mass is 19.1. The SMILES string of the molecule is CC(C)OC(=O)CC(NC(=O)Cc1cccc(F)c1)c1ccccc1[N+](=O)[O-]. The number of esters is 1. The van der Waals surface area contributed by atoms with Crippen molar-refractivity contribution >= 4 is 17.6 Å². The molecular weight excluding hydrogens is 367 g/mol. The molecule has 0 saturated heterocycles. The number of nitrogens with zero attached hydrogens (tertiary/aromatic N) is 1. The van der Waals surface area contributed by atoms with E-state index in [9.17, 15) is 24.1 Å². The molecule has 0 saturated carbocycles. The van der Waals surface area contributed by atoms with E-state index in [4.69, 9.17) is 4.74 Å². The van der Waals surface area contributed by atoms with Crippen LogP contribution in [0.15, 0.2) is 48.5 Å². The van der Waals surface area contributed by atoms with Crippen LogP contribution in [0, 0.1) is 15.9 Å². The van der Waals surface area contributed by atoms with E-state index in [0.717, 1.165) is 0 Å². The maximum absolute atomic E-state index is 13.3. The average Bonchev–Trinajstić information content (AvgIpc) is 2.60. The van der Waals surface area contributed by atoms with Crippen molar-refractivity contribution in [1.29, 1.82) is 0 Å². The summed E-state index contributed by atoms with van der Waals surface area (Å²) >= 11 is 0. The Balaban J connectivity index is 2.24. The zero-order chi connectivity index (χ0) is 20.7. The van der Waals surface area contributed by atoms with Crippen LogP contribution in [-0.4, -0.2) is 22.9 Å². The Kier molecular flexibility index (Phi) is 7.20.